The maximum atomic E-state index is 12.3. The summed E-state index contributed by atoms with van der Waals surface area (Å²) in [5.41, 5.74) is 0.969. The van der Waals surface area contributed by atoms with Crippen LogP contribution in [0.15, 0.2) is 39.4 Å². The lowest BCUT2D eigenvalue weighted by Crippen LogP contribution is -2.44. The van der Waals surface area contributed by atoms with Gasteiger partial charge in [-0.2, -0.15) is 0 Å². The number of amides is 1. The summed E-state index contributed by atoms with van der Waals surface area (Å²) in [6, 6.07) is 8.40. The van der Waals surface area contributed by atoms with Crippen molar-refractivity contribution in [1.29, 1.82) is 0 Å². The van der Waals surface area contributed by atoms with Crippen LogP contribution in [0.3, 0.4) is 0 Å². The number of carbonyl (C=O) groups is 1. The van der Waals surface area contributed by atoms with E-state index < -0.39 is 0 Å². The SMILES string of the molecule is CNC1CCN(C(=O)CCc2ncc(-c3ccccc3Br)o2)CC1.Cl.Cl. The van der Waals surface area contributed by atoms with E-state index >= 15 is 0 Å². The Kier molecular flexibility index (Phi) is 9.64. The summed E-state index contributed by atoms with van der Waals surface area (Å²) in [5, 5.41) is 3.28. The van der Waals surface area contributed by atoms with Crippen LogP contribution in [0.2, 0.25) is 0 Å². The van der Waals surface area contributed by atoms with Crippen LogP contribution in [0.1, 0.15) is 25.2 Å². The number of benzene rings is 1. The van der Waals surface area contributed by atoms with Gasteiger partial charge in [0, 0.05) is 42.0 Å². The van der Waals surface area contributed by atoms with Crippen molar-refractivity contribution in [2.24, 2.45) is 0 Å². The quantitative estimate of drug-likeness (QED) is 0.723. The van der Waals surface area contributed by atoms with Gasteiger partial charge in [-0.3, -0.25) is 4.79 Å². The van der Waals surface area contributed by atoms with Crippen LogP contribution in [-0.4, -0.2) is 42.0 Å². The van der Waals surface area contributed by atoms with E-state index in [-0.39, 0.29) is 30.7 Å². The zero-order valence-corrected chi connectivity index (χ0v) is 17.8. The molecule has 1 N–H and O–H groups in total. The van der Waals surface area contributed by atoms with Crippen molar-refractivity contribution in [1.82, 2.24) is 15.2 Å². The number of hydrogen-bond acceptors (Lipinski definition) is 4. The highest BCUT2D eigenvalue weighted by molar-refractivity contribution is 9.10. The van der Waals surface area contributed by atoms with Gasteiger partial charge in [-0.1, -0.05) is 34.1 Å². The van der Waals surface area contributed by atoms with E-state index in [0.717, 1.165) is 41.7 Å². The molecule has 0 aliphatic carbocycles. The average Bonchev–Trinajstić information content (AvgIpc) is 3.09. The van der Waals surface area contributed by atoms with Gasteiger partial charge < -0.3 is 14.6 Å². The van der Waals surface area contributed by atoms with Gasteiger partial charge in [0.05, 0.1) is 6.20 Å². The van der Waals surface area contributed by atoms with Crippen molar-refractivity contribution >= 4 is 46.7 Å². The Bertz CT molecular complexity index is 703. The second-order valence-corrected chi connectivity index (χ2v) is 6.90. The summed E-state index contributed by atoms with van der Waals surface area (Å²) in [4.78, 5) is 18.6. The summed E-state index contributed by atoms with van der Waals surface area (Å²) < 4.78 is 6.77. The molecule has 144 valence electrons. The van der Waals surface area contributed by atoms with E-state index in [2.05, 4.69) is 26.2 Å². The Morgan fingerprint density at radius 3 is 2.65 bits per heavy atom. The molecule has 0 atom stereocenters. The number of piperidine rings is 1. The Hall–Kier alpha value is -1.08. The minimum atomic E-state index is 0. The first-order chi connectivity index (χ1) is 11.7. The number of nitrogens with one attached hydrogen (secondary N) is 1. The molecule has 3 rings (SSSR count). The molecule has 0 bridgehead atoms. The second-order valence-electron chi connectivity index (χ2n) is 6.04. The van der Waals surface area contributed by atoms with Gasteiger partial charge in [0.2, 0.25) is 5.91 Å². The largest absolute Gasteiger partial charge is 0.441 e. The number of aryl methyl sites for hydroxylation is 1. The molecule has 8 heteroatoms. The van der Waals surface area contributed by atoms with Gasteiger partial charge in [-0.05, 0) is 26.0 Å². The van der Waals surface area contributed by atoms with E-state index in [1.54, 1.807) is 6.20 Å². The Morgan fingerprint density at radius 1 is 1.31 bits per heavy atom. The third-order valence-corrected chi connectivity index (χ3v) is 5.19. The van der Waals surface area contributed by atoms with E-state index in [1.165, 1.54) is 0 Å². The Morgan fingerprint density at radius 2 is 2.00 bits per heavy atom. The molecule has 0 saturated carbocycles. The van der Waals surface area contributed by atoms with Gasteiger partial charge in [0.15, 0.2) is 11.7 Å². The highest BCUT2D eigenvalue weighted by Crippen LogP contribution is 2.28. The van der Waals surface area contributed by atoms with Gasteiger partial charge in [0.25, 0.3) is 0 Å². The number of oxazole rings is 1. The van der Waals surface area contributed by atoms with E-state index in [4.69, 9.17) is 4.42 Å². The molecule has 1 aliphatic heterocycles. The van der Waals surface area contributed by atoms with Gasteiger partial charge in [0.1, 0.15) is 0 Å². The number of hydrogen-bond donors (Lipinski definition) is 1. The molecule has 1 saturated heterocycles. The third kappa shape index (κ3) is 5.71. The van der Waals surface area contributed by atoms with Crippen molar-refractivity contribution in [2.45, 2.75) is 31.7 Å². The molecule has 0 radical (unpaired) electrons. The lowest BCUT2D eigenvalue weighted by Gasteiger charge is -2.31. The standard InChI is InChI=1S/C18H22BrN3O2.2ClH/c1-20-13-8-10-22(11-9-13)18(23)7-6-17-21-12-16(24-17)14-4-2-3-5-15(14)19;;/h2-5,12-13,20H,6-11H2,1H3;2*1H. The fourth-order valence-corrected chi connectivity index (χ4v) is 3.48. The highest BCUT2D eigenvalue weighted by Gasteiger charge is 2.22. The zero-order valence-electron chi connectivity index (χ0n) is 14.6. The van der Waals surface area contributed by atoms with Crippen LogP contribution < -0.4 is 5.32 Å². The van der Waals surface area contributed by atoms with Crippen LogP contribution >= 0.6 is 40.7 Å². The van der Waals surface area contributed by atoms with Gasteiger partial charge >= 0.3 is 0 Å². The molecule has 0 unspecified atom stereocenters. The fourth-order valence-electron chi connectivity index (χ4n) is 3.00. The summed E-state index contributed by atoms with van der Waals surface area (Å²) >= 11 is 3.51. The van der Waals surface area contributed by atoms with Crippen molar-refractivity contribution in [3.8, 4) is 11.3 Å². The molecule has 2 heterocycles. The van der Waals surface area contributed by atoms with E-state index in [9.17, 15) is 4.79 Å². The van der Waals surface area contributed by atoms with Crippen molar-refractivity contribution in [3.63, 3.8) is 0 Å². The maximum absolute atomic E-state index is 12.3. The molecular weight excluding hydrogens is 441 g/mol. The third-order valence-electron chi connectivity index (χ3n) is 4.50. The molecule has 1 fully saturated rings. The summed E-state index contributed by atoms with van der Waals surface area (Å²) in [6.07, 6.45) is 4.74. The first-order valence-corrected chi connectivity index (χ1v) is 9.11. The van der Waals surface area contributed by atoms with Crippen molar-refractivity contribution in [3.05, 3.63) is 40.8 Å². The van der Waals surface area contributed by atoms with Gasteiger partial charge in [-0.25, -0.2) is 4.98 Å². The number of carbonyl (C=O) groups excluding carboxylic acids is 1. The van der Waals surface area contributed by atoms with Crippen LogP contribution in [0.4, 0.5) is 0 Å². The molecule has 1 aliphatic rings. The lowest BCUT2D eigenvalue weighted by molar-refractivity contribution is -0.132. The smallest absolute Gasteiger partial charge is 0.223 e. The number of aromatic nitrogens is 1. The van der Waals surface area contributed by atoms with E-state index in [0.29, 0.717) is 24.8 Å². The van der Waals surface area contributed by atoms with Crippen molar-refractivity contribution in [2.75, 3.05) is 20.1 Å². The Balaban J connectivity index is 0.00000169. The summed E-state index contributed by atoms with van der Waals surface area (Å²) in [5.74, 6) is 1.52. The predicted molar refractivity (Wildman–Crippen MR) is 111 cm³/mol. The highest BCUT2D eigenvalue weighted by atomic mass is 79.9. The van der Waals surface area contributed by atoms with Crippen molar-refractivity contribution < 1.29 is 9.21 Å². The molecular formula is C18H24BrCl2N3O2. The number of halogens is 3. The lowest BCUT2D eigenvalue weighted by atomic mass is 10.0. The van der Waals surface area contributed by atoms with E-state index in [1.807, 2.05) is 36.2 Å². The number of nitrogens with zero attached hydrogens (tertiary/aromatic N) is 2. The molecule has 0 spiro atoms. The average molecular weight is 465 g/mol. The number of rotatable bonds is 5. The summed E-state index contributed by atoms with van der Waals surface area (Å²) in [6.45, 7) is 1.66. The first kappa shape index (κ1) is 23.0. The monoisotopic (exact) mass is 463 g/mol. The minimum absolute atomic E-state index is 0. The molecule has 26 heavy (non-hydrogen) atoms. The summed E-state index contributed by atoms with van der Waals surface area (Å²) in [7, 11) is 1.98. The molecule has 5 nitrogen and oxygen atoms in total. The van der Waals surface area contributed by atoms with Gasteiger partial charge in [-0.15, -0.1) is 24.8 Å². The normalized spacial score (nSPS) is 14.5. The molecule has 1 aromatic heterocycles. The van der Waals surface area contributed by atoms with Crippen LogP contribution in [0.25, 0.3) is 11.3 Å². The second kappa shape index (κ2) is 10.9. The van der Waals surface area contributed by atoms with Crippen LogP contribution in [-0.2, 0) is 11.2 Å². The number of likely N-dealkylation sites (tertiary alicyclic amines) is 1. The minimum Gasteiger partial charge on any atom is -0.441 e. The Labute approximate surface area is 174 Å². The van der Waals surface area contributed by atoms with Crippen LogP contribution in [0.5, 0.6) is 0 Å². The molecule has 2 aromatic rings. The fraction of sp³-hybridized carbons (Fsp3) is 0.444. The predicted octanol–water partition coefficient (Wildman–Crippen LogP) is 4.09. The first-order valence-electron chi connectivity index (χ1n) is 8.32. The maximum Gasteiger partial charge on any atom is 0.223 e. The zero-order chi connectivity index (χ0) is 16.9. The molecule has 1 aromatic carbocycles. The topological polar surface area (TPSA) is 58.4 Å². The van der Waals surface area contributed by atoms with Crippen LogP contribution in [0, 0.1) is 0 Å². The molecule has 1 amide bonds.